The van der Waals surface area contributed by atoms with E-state index in [0.717, 1.165) is 0 Å². The van der Waals surface area contributed by atoms with Crippen LogP contribution in [0.2, 0.25) is 0 Å². The molecule has 1 N–H and O–H groups in total. The molecule has 0 bridgehead atoms. The molecule has 1 unspecified atom stereocenters. The molecule has 11 heavy (non-hydrogen) atoms. The largest absolute Gasteiger partial charge is 0.630 e. The molecule has 0 radical (unpaired) electrons. The number of carboxylic acids is 1. The van der Waals surface area contributed by atoms with Crippen molar-refractivity contribution in [3.8, 4) is 0 Å². The van der Waals surface area contributed by atoms with Crippen LogP contribution in [0.25, 0.3) is 0 Å². The highest BCUT2D eigenvalue weighted by molar-refractivity contribution is 7.51. The summed E-state index contributed by atoms with van der Waals surface area (Å²) < 4.78 is 0. The van der Waals surface area contributed by atoms with Crippen molar-refractivity contribution in [2.75, 3.05) is 6.66 Å². The van der Waals surface area contributed by atoms with Crippen LogP contribution in [-0.2, 0) is 9.59 Å². The molecule has 0 heterocycles. The van der Waals surface area contributed by atoms with Crippen molar-refractivity contribution in [1.29, 1.82) is 0 Å². The van der Waals surface area contributed by atoms with E-state index in [-0.39, 0.29) is 5.29 Å². The SMILES string of the molecule is CC(C(=C=O)C(=O)O)=[P+](C)[O-]. The molecular formula is C6H7O4P. The summed E-state index contributed by atoms with van der Waals surface area (Å²) >= 11 is 0. The first-order valence-corrected chi connectivity index (χ1v) is 4.44. The second-order valence-corrected chi connectivity index (χ2v) is 3.53. The van der Waals surface area contributed by atoms with Crippen LogP contribution in [0.4, 0.5) is 0 Å². The van der Waals surface area contributed by atoms with Crippen LogP contribution in [0.15, 0.2) is 5.57 Å². The van der Waals surface area contributed by atoms with E-state index < -0.39 is 19.3 Å². The smallest absolute Gasteiger partial charge is 0.351 e. The van der Waals surface area contributed by atoms with Gasteiger partial charge >= 0.3 is 5.97 Å². The first-order valence-electron chi connectivity index (χ1n) is 2.74. The Labute approximate surface area is 64.6 Å². The van der Waals surface area contributed by atoms with Crippen molar-refractivity contribution in [3.05, 3.63) is 5.57 Å². The highest BCUT2D eigenvalue weighted by Crippen LogP contribution is 2.11. The summed E-state index contributed by atoms with van der Waals surface area (Å²) in [5.74, 6) is -0.157. The van der Waals surface area contributed by atoms with E-state index in [9.17, 15) is 14.5 Å². The minimum atomic E-state index is -1.75. The number of hydrogen-bond acceptors (Lipinski definition) is 3. The summed E-state index contributed by atoms with van der Waals surface area (Å²) in [6.07, 6.45) is 0. The van der Waals surface area contributed by atoms with Crippen molar-refractivity contribution in [2.24, 2.45) is 0 Å². The monoisotopic (exact) mass is 174 g/mol. The Morgan fingerprint density at radius 3 is 2.18 bits per heavy atom. The Bertz CT molecular complexity index is 256. The predicted molar refractivity (Wildman–Crippen MR) is 40.4 cm³/mol. The fourth-order valence-electron chi connectivity index (χ4n) is 0.430. The van der Waals surface area contributed by atoms with Gasteiger partial charge in [0.1, 0.15) is 11.2 Å². The molecule has 60 valence electrons. The summed E-state index contributed by atoms with van der Waals surface area (Å²) in [5, 5.41) is 8.42. The normalized spacial score (nSPS) is 11.5. The van der Waals surface area contributed by atoms with Crippen molar-refractivity contribution in [3.63, 3.8) is 0 Å². The molecule has 0 aliphatic rings. The van der Waals surface area contributed by atoms with Gasteiger partial charge in [0.15, 0.2) is 5.57 Å². The first-order chi connectivity index (χ1) is 5.00. The van der Waals surface area contributed by atoms with Gasteiger partial charge < -0.3 is 10.00 Å². The number of aliphatic carboxylic acids is 1. The van der Waals surface area contributed by atoms with Gasteiger partial charge in [-0.2, -0.15) is 0 Å². The molecule has 0 aromatic heterocycles. The number of carboxylic acid groups (broad SMARTS) is 1. The minimum Gasteiger partial charge on any atom is -0.630 e. The van der Waals surface area contributed by atoms with Crippen LogP contribution in [-0.4, -0.2) is 29.0 Å². The lowest BCUT2D eigenvalue weighted by Gasteiger charge is -1.95. The lowest BCUT2D eigenvalue weighted by atomic mass is 10.2. The molecule has 0 aromatic carbocycles. The van der Waals surface area contributed by atoms with Crippen LogP contribution >= 0.6 is 7.77 Å². The van der Waals surface area contributed by atoms with Crippen molar-refractivity contribution >= 4 is 25.0 Å². The maximum Gasteiger partial charge on any atom is 0.351 e. The van der Waals surface area contributed by atoms with E-state index >= 15 is 0 Å². The number of hydrogen-bond donors (Lipinski definition) is 1. The molecular weight excluding hydrogens is 167 g/mol. The maximum absolute atomic E-state index is 10.7. The molecule has 0 saturated carbocycles. The third kappa shape index (κ3) is 2.64. The lowest BCUT2D eigenvalue weighted by Crippen LogP contribution is -2.11. The highest BCUT2D eigenvalue weighted by atomic mass is 31.1. The Kier molecular flexibility index (Phi) is 3.69. The Hall–Kier alpha value is -0.950. The minimum absolute atomic E-state index is 0.0718. The van der Waals surface area contributed by atoms with Crippen molar-refractivity contribution < 1.29 is 19.6 Å². The van der Waals surface area contributed by atoms with E-state index in [4.69, 9.17) is 5.11 Å². The van der Waals surface area contributed by atoms with Crippen LogP contribution in [0.5, 0.6) is 0 Å². The second-order valence-electron chi connectivity index (χ2n) is 1.87. The van der Waals surface area contributed by atoms with E-state index in [1.807, 2.05) is 0 Å². The fraction of sp³-hybridized carbons (Fsp3) is 0.333. The molecule has 0 spiro atoms. The van der Waals surface area contributed by atoms with Gasteiger partial charge in [-0.25, -0.2) is 9.59 Å². The van der Waals surface area contributed by atoms with E-state index in [1.165, 1.54) is 19.5 Å². The number of rotatable bonds is 2. The summed E-state index contributed by atoms with van der Waals surface area (Å²) in [7, 11) is -1.75. The molecule has 0 fully saturated rings. The van der Waals surface area contributed by atoms with Gasteiger partial charge in [0.05, 0.1) is 14.4 Å². The molecule has 0 saturated heterocycles. The van der Waals surface area contributed by atoms with Gasteiger partial charge in [0, 0.05) is 6.92 Å². The fourth-order valence-corrected chi connectivity index (χ4v) is 0.886. The summed E-state index contributed by atoms with van der Waals surface area (Å²) in [5.41, 5.74) is -0.534. The lowest BCUT2D eigenvalue weighted by molar-refractivity contribution is -0.151. The van der Waals surface area contributed by atoms with E-state index in [1.54, 1.807) is 0 Å². The maximum atomic E-state index is 10.7. The zero-order chi connectivity index (χ0) is 9.02. The average molecular weight is 174 g/mol. The van der Waals surface area contributed by atoms with Gasteiger partial charge in [-0.15, -0.1) is 0 Å². The molecule has 1 atom stereocenters. The van der Waals surface area contributed by atoms with E-state index in [2.05, 4.69) is 0 Å². The summed E-state index contributed by atoms with van der Waals surface area (Å²) in [6.45, 7) is 2.68. The van der Waals surface area contributed by atoms with Crippen LogP contribution < -0.4 is 4.89 Å². The standard InChI is InChI=1S/C6H7O4P/c1-4(11(2)10)5(3-7)6(8)9/h1-2H3,(H,8,9). The zero-order valence-corrected chi connectivity index (χ0v) is 7.01. The molecule has 0 rings (SSSR count). The van der Waals surface area contributed by atoms with Crippen LogP contribution in [0, 0.1) is 0 Å². The molecule has 0 aliphatic carbocycles. The first kappa shape index (κ1) is 10.0. The quantitative estimate of drug-likeness (QED) is 0.344. The summed E-state index contributed by atoms with van der Waals surface area (Å²) in [4.78, 5) is 30.9. The molecule has 0 aliphatic heterocycles. The molecule has 0 amide bonds. The number of carbonyl (C=O) groups is 1. The zero-order valence-electron chi connectivity index (χ0n) is 6.12. The van der Waals surface area contributed by atoms with Gasteiger partial charge in [-0.05, 0) is 0 Å². The van der Waals surface area contributed by atoms with E-state index in [0.29, 0.717) is 0 Å². The van der Waals surface area contributed by atoms with Gasteiger partial charge in [0.2, 0.25) is 0 Å². The highest BCUT2D eigenvalue weighted by Gasteiger charge is 2.16. The second kappa shape index (κ2) is 4.04. The topological polar surface area (TPSA) is 77.4 Å². The predicted octanol–water partition coefficient (Wildman–Crippen LogP) is -0.592. The molecule has 4 nitrogen and oxygen atoms in total. The van der Waals surface area contributed by atoms with Gasteiger partial charge in [-0.3, -0.25) is 0 Å². The van der Waals surface area contributed by atoms with Crippen LogP contribution in [0.3, 0.4) is 0 Å². The van der Waals surface area contributed by atoms with Gasteiger partial charge in [-0.1, -0.05) is 0 Å². The van der Waals surface area contributed by atoms with Crippen molar-refractivity contribution in [2.45, 2.75) is 6.92 Å². The number of carbonyl (C=O) groups excluding carboxylic acids is 1. The van der Waals surface area contributed by atoms with Crippen molar-refractivity contribution in [1.82, 2.24) is 0 Å². The third-order valence-corrected chi connectivity index (χ3v) is 2.32. The molecule has 5 heteroatoms. The molecule has 0 aromatic rings. The Morgan fingerprint density at radius 1 is 1.64 bits per heavy atom. The Morgan fingerprint density at radius 2 is 2.09 bits per heavy atom. The average Bonchev–Trinajstić information content (AvgIpc) is 1.88. The van der Waals surface area contributed by atoms with Gasteiger partial charge in [0.25, 0.3) is 0 Å². The Balaban J connectivity index is 5.01. The van der Waals surface area contributed by atoms with Crippen LogP contribution in [0.1, 0.15) is 6.92 Å². The third-order valence-electron chi connectivity index (χ3n) is 1.15. The summed E-state index contributed by atoms with van der Waals surface area (Å²) in [6, 6.07) is 0.